The predicted molar refractivity (Wildman–Crippen MR) is 79.9 cm³/mol. The molecule has 0 saturated carbocycles. The van der Waals surface area contributed by atoms with Crippen LogP contribution in [0.3, 0.4) is 0 Å². The van der Waals surface area contributed by atoms with Gasteiger partial charge >= 0.3 is 32.5 Å². The minimum atomic E-state index is -4.41. The molecule has 0 atom stereocenters. The predicted octanol–water partition coefficient (Wildman–Crippen LogP) is 1.04. The van der Waals surface area contributed by atoms with Crippen molar-refractivity contribution in [2.45, 2.75) is 58.5 Å². The summed E-state index contributed by atoms with van der Waals surface area (Å²) in [5.74, 6) is -1.84. The minimum absolute atomic E-state index is 0.118. The zero-order valence-electron chi connectivity index (χ0n) is 13.5. The molecule has 0 aliphatic heterocycles. The summed E-state index contributed by atoms with van der Waals surface area (Å²) in [6.07, 6.45) is 1.44. The second-order valence-corrected chi connectivity index (χ2v) is 8.50. The normalized spacial score (nSPS) is 12.7. The van der Waals surface area contributed by atoms with Crippen molar-refractivity contribution in [3.63, 3.8) is 0 Å². The molecule has 0 aromatic rings. The van der Waals surface area contributed by atoms with E-state index in [1.54, 1.807) is 0 Å². The average Bonchev–Trinajstić information content (AvgIpc) is 2.21. The molecule has 136 valence electrons. The second-order valence-electron chi connectivity index (χ2n) is 5.78. The van der Waals surface area contributed by atoms with Gasteiger partial charge in [0.25, 0.3) is 0 Å². The van der Waals surface area contributed by atoms with Crippen molar-refractivity contribution in [2.75, 3.05) is 6.26 Å². The van der Waals surface area contributed by atoms with Gasteiger partial charge in [-0.1, -0.05) is 6.42 Å². The van der Waals surface area contributed by atoms with Crippen LogP contribution in [0.2, 0.25) is 0 Å². The molecule has 11 heteroatoms. The Bertz CT molecular complexity index is 611. The Hall–Kier alpha value is -1.20. The van der Waals surface area contributed by atoms with Crippen LogP contribution >= 0.6 is 0 Å². The van der Waals surface area contributed by atoms with Crippen LogP contribution in [0.4, 0.5) is 0 Å². The van der Waals surface area contributed by atoms with E-state index in [0.29, 0.717) is 12.8 Å². The van der Waals surface area contributed by atoms with E-state index in [1.807, 2.05) is 0 Å². The Morgan fingerprint density at radius 2 is 1.26 bits per heavy atom. The van der Waals surface area contributed by atoms with Crippen LogP contribution in [0.1, 0.15) is 52.9 Å². The van der Waals surface area contributed by atoms with Gasteiger partial charge < -0.3 is 8.37 Å². The highest BCUT2D eigenvalue weighted by molar-refractivity contribution is 7.86. The summed E-state index contributed by atoms with van der Waals surface area (Å²) in [4.78, 5) is 22.5. The van der Waals surface area contributed by atoms with Gasteiger partial charge in [0, 0.05) is 12.8 Å². The summed E-state index contributed by atoms with van der Waals surface area (Å²) in [6, 6.07) is 0. The first kappa shape index (κ1) is 21.8. The lowest BCUT2D eigenvalue weighted by Gasteiger charge is -2.17. The van der Waals surface area contributed by atoms with Crippen molar-refractivity contribution in [2.24, 2.45) is 0 Å². The monoisotopic (exact) mass is 374 g/mol. The summed E-state index contributed by atoms with van der Waals surface area (Å²) >= 11 is 0. The van der Waals surface area contributed by atoms with Crippen molar-refractivity contribution in [1.82, 2.24) is 0 Å². The first-order valence-corrected chi connectivity index (χ1v) is 9.95. The topological polar surface area (TPSA) is 130 Å². The van der Waals surface area contributed by atoms with Crippen LogP contribution in [0.5, 0.6) is 0 Å². The molecule has 23 heavy (non-hydrogen) atoms. The first-order valence-electron chi connectivity index (χ1n) is 6.80. The summed E-state index contributed by atoms with van der Waals surface area (Å²) in [5, 5.41) is 0. The lowest BCUT2D eigenvalue weighted by Crippen LogP contribution is -2.27. The smallest absolute Gasteiger partial charge is 0.346 e. The molecule has 0 rings (SSSR count). The highest BCUT2D eigenvalue weighted by Gasteiger charge is 2.25. The summed E-state index contributed by atoms with van der Waals surface area (Å²) in [7, 11) is -8.22. The molecule has 9 nitrogen and oxygen atoms in total. The van der Waals surface area contributed by atoms with Gasteiger partial charge in [0.15, 0.2) is 0 Å². The van der Waals surface area contributed by atoms with Crippen molar-refractivity contribution in [3.8, 4) is 0 Å². The third kappa shape index (κ3) is 14.1. The maximum atomic E-state index is 11.4. The third-order valence-corrected chi connectivity index (χ3v) is 3.64. The molecule has 0 aliphatic carbocycles. The number of hydrogen-bond donors (Lipinski definition) is 0. The van der Waals surface area contributed by atoms with Crippen LogP contribution in [0.25, 0.3) is 0 Å². The largest absolute Gasteiger partial charge is 0.452 e. The van der Waals surface area contributed by atoms with Gasteiger partial charge in [0.2, 0.25) is 0 Å². The molecule has 0 bridgehead atoms. The van der Waals surface area contributed by atoms with Gasteiger partial charge in [0.05, 0.1) is 11.9 Å². The number of hydrogen-bond acceptors (Lipinski definition) is 9. The quantitative estimate of drug-likeness (QED) is 0.429. The van der Waals surface area contributed by atoms with E-state index >= 15 is 0 Å². The standard InChI is InChI=1S/C12H22O9S2/c1-12(2,3)21-23(17,18)20-11(14)9-7-5-6-8-10(13)19-22(4,15)16/h5-9H2,1-4H3. The highest BCUT2D eigenvalue weighted by atomic mass is 32.3. The Morgan fingerprint density at radius 3 is 1.65 bits per heavy atom. The van der Waals surface area contributed by atoms with Gasteiger partial charge in [-0.25, -0.2) is 4.18 Å². The van der Waals surface area contributed by atoms with E-state index in [2.05, 4.69) is 12.5 Å². The van der Waals surface area contributed by atoms with E-state index in [9.17, 15) is 26.4 Å². The van der Waals surface area contributed by atoms with Gasteiger partial charge in [-0.15, -0.1) is 0 Å². The molecule has 0 N–H and O–H groups in total. The van der Waals surface area contributed by atoms with Gasteiger partial charge in [0.1, 0.15) is 0 Å². The summed E-state index contributed by atoms with van der Waals surface area (Å²) in [6.45, 7) is 4.48. The van der Waals surface area contributed by atoms with Gasteiger partial charge in [-0.05, 0) is 33.6 Å². The van der Waals surface area contributed by atoms with Gasteiger partial charge in [-0.2, -0.15) is 16.8 Å². The molecule has 0 saturated heterocycles. The van der Waals surface area contributed by atoms with E-state index in [4.69, 9.17) is 0 Å². The molecular weight excluding hydrogens is 352 g/mol. The highest BCUT2D eigenvalue weighted by Crippen LogP contribution is 2.14. The molecule has 0 amide bonds. The van der Waals surface area contributed by atoms with E-state index < -0.39 is 38.1 Å². The van der Waals surface area contributed by atoms with Crippen molar-refractivity contribution in [3.05, 3.63) is 0 Å². The van der Waals surface area contributed by atoms with Crippen LogP contribution in [0.15, 0.2) is 0 Å². The molecule has 0 fully saturated rings. The van der Waals surface area contributed by atoms with Crippen molar-refractivity contribution in [1.29, 1.82) is 0 Å². The first-order chi connectivity index (χ1) is 10.2. The van der Waals surface area contributed by atoms with Crippen molar-refractivity contribution < 1.29 is 39.0 Å². The van der Waals surface area contributed by atoms with E-state index in [1.165, 1.54) is 20.8 Å². The fourth-order valence-electron chi connectivity index (χ4n) is 1.40. The zero-order chi connectivity index (χ0) is 18.3. The molecule has 0 spiro atoms. The Labute approximate surface area is 136 Å². The molecular formula is C12H22O9S2. The molecule has 0 heterocycles. The lowest BCUT2D eigenvalue weighted by molar-refractivity contribution is -0.135. The summed E-state index contributed by atoms with van der Waals surface area (Å²) in [5.41, 5.74) is -1.01. The Kier molecular flexibility index (Phi) is 8.15. The van der Waals surface area contributed by atoms with Crippen LogP contribution in [-0.4, -0.2) is 40.6 Å². The van der Waals surface area contributed by atoms with Gasteiger partial charge in [-0.3, -0.25) is 9.59 Å². The number of rotatable bonds is 9. The second kappa shape index (κ2) is 8.60. The lowest BCUT2D eigenvalue weighted by atomic mass is 10.1. The molecule has 0 aliphatic rings. The van der Waals surface area contributed by atoms with Crippen molar-refractivity contribution >= 4 is 32.5 Å². The molecule has 0 unspecified atom stereocenters. The fourth-order valence-corrected chi connectivity index (χ4v) is 2.78. The SMILES string of the molecule is CC(C)(C)OS(=O)(=O)OC(=O)CCCCCC(=O)OS(C)(=O)=O. The maximum absolute atomic E-state index is 11.4. The molecule has 0 aromatic heterocycles. The molecule has 0 radical (unpaired) electrons. The average molecular weight is 374 g/mol. The Morgan fingerprint density at radius 1 is 0.826 bits per heavy atom. The van der Waals surface area contributed by atoms with Crippen LogP contribution < -0.4 is 0 Å². The fraction of sp³-hybridized carbons (Fsp3) is 0.833. The minimum Gasteiger partial charge on any atom is -0.346 e. The number of carbonyl (C=O) groups is 2. The van der Waals surface area contributed by atoms with Crippen LogP contribution in [-0.2, 0) is 42.7 Å². The third-order valence-electron chi connectivity index (χ3n) is 2.05. The van der Waals surface area contributed by atoms with E-state index in [0.717, 1.165) is 6.26 Å². The van der Waals surface area contributed by atoms with E-state index in [-0.39, 0.29) is 19.3 Å². The summed E-state index contributed by atoms with van der Waals surface area (Å²) < 4.78 is 57.1. The van der Waals surface area contributed by atoms with Crippen LogP contribution in [0, 0.1) is 0 Å². The number of carbonyl (C=O) groups excluding carboxylic acids is 2. The zero-order valence-corrected chi connectivity index (χ0v) is 15.2. The molecule has 0 aromatic carbocycles. The maximum Gasteiger partial charge on any atom is 0.452 e. The number of unbranched alkanes of at least 4 members (excludes halogenated alkanes) is 2. The Balaban J connectivity index is 3.98.